The van der Waals surface area contributed by atoms with Gasteiger partial charge in [0.2, 0.25) is 0 Å². The van der Waals surface area contributed by atoms with E-state index in [9.17, 15) is 0 Å². The molecule has 0 N–H and O–H groups in total. The van der Waals surface area contributed by atoms with Gasteiger partial charge in [0, 0.05) is 18.6 Å². The zero-order chi connectivity index (χ0) is 2.71. The van der Waals surface area contributed by atoms with Crippen LogP contribution >= 0.6 is 8.37 Å². The van der Waals surface area contributed by atoms with Crippen LogP contribution in [0.1, 0.15) is 0 Å². The first kappa shape index (κ1) is 8.82. The van der Waals surface area contributed by atoms with Crippen molar-refractivity contribution >= 4 is 8.37 Å². The molecule has 1 radical (unpaired) electrons. The first-order valence-electron chi connectivity index (χ1n) is 0.724. The monoisotopic (exact) mass is 112 g/mol. The van der Waals surface area contributed by atoms with Gasteiger partial charge in [0.25, 0.3) is 0 Å². The Morgan fingerprint density at radius 1 is 1.75 bits per heavy atom. The van der Waals surface area contributed by atoms with Gasteiger partial charge in [-0.1, -0.05) is 0 Å². The Morgan fingerprint density at radius 3 is 1.75 bits per heavy atom. The second-order valence-corrected chi connectivity index (χ2v) is 0.671. The number of rotatable bonds is 0. The van der Waals surface area contributed by atoms with Gasteiger partial charge in [-0.25, -0.2) is 0 Å². The van der Waals surface area contributed by atoms with Crippen molar-refractivity contribution in [3.05, 3.63) is 5.16 Å². The van der Waals surface area contributed by atoms with E-state index in [4.69, 9.17) is 5.16 Å². The topological polar surface area (TPSA) is 22.3 Å². The van der Waals surface area contributed by atoms with Crippen molar-refractivity contribution < 1.29 is 18.6 Å². The predicted octanol–water partition coefficient (Wildman–Crippen LogP) is 1.05. The summed E-state index contributed by atoms with van der Waals surface area (Å²) in [5.41, 5.74) is 0. The molecular formula is CH4NPV. The maximum Gasteiger partial charge on any atom is 0.0790 e. The molecule has 0 bridgehead atoms. The van der Waals surface area contributed by atoms with E-state index >= 15 is 0 Å². The molecule has 0 rings (SSSR count). The fourth-order valence-electron chi connectivity index (χ4n) is 0. The summed E-state index contributed by atoms with van der Waals surface area (Å²) < 4.78 is 0. The Morgan fingerprint density at radius 2 is 1.75 bits per heavy atom. The maximum absolute atomic E-state index is 7.60. The summed E-state index contributed by atoms with van der Waals surface area (Å²) in [6, 6.07) is 0. The molecular weight excluding hydrogens is 108 g/mol. The SMILES string of the molecule is C[PH+]=[N-].[V]. The van der Waals surface area contributed by atoms with Gasteiger partial charge in [0.05, 0.1) is 6.66 Å². The molecule has 3 heteroatoms. The molecule has 0 spiro atoms. The molecule has 23 valence electrons. The van der Waals surface area contributed by atoms with Crippen LogP contribution < -0.4 is 0 Å². The van der Waals surface area contributed by atoms with Crippen LogP contribution in [0.3, 0.4) is 0 Å². The van der Waals surface area contributed by atoms with Gasteiger partial charge >= 0.3 is 0 Å². The average Bonchev–Trinajstić information content (AvgIpc) is 0.918. The van der Waals surface area contributed by atoms with E-state index in [0.29, 0.717) is 0 Å². The summed E-state index contributed by atoms with van der Waals surface area (Å²) in [6.45, 7) is 1.71. The zero-order valence-corrected chi connectivity index (χ0v) is 4.79. The van der Waals surface area contributed by atoms with Gasteiger partial charge in [-0.15, -0.1) is 0 Å². The van der Waals surface area contributed by atoms with Gasteiger partial charge in [0.15, 0.2) is 0 Å². The molecule has 0 heterocycles. The Labute approximate surface area is 39.4 Å². The standard InChI is InChI=1S/CH4NP.V/c1-3-2;/h3H,1H3;. The minimum absolute atomic E-state index is 0. The third-order valence-electron chi connectivity index (χ3n) is 0. The van der Waals surface area contributed by atoms with E-state index in [0.717, 1.165) is 0 Å². The summed E-state index contributed by atoms with van der Waals surface area (Å²) in [4.78, 5) is 0. The van der Waals surface area contributed by atoms with E-state index < -0.39 is 0 Å². The van der Waals surface area contributed by atoms with Crippen LogP contribution in [0.5, 0.6) is 0 Å². The molecule has 0 aliphatic rings. The fraction of sp³-hybridized carbons (Fsp3) is 1.00. The molecule has 0 aliphatic heterocycles. The van der Waals surface area contributed by atoms with Crippen LogP contribution in [-0.2, 0) is 18.6 Å². The van der Waals surface area contributed by atoms with E-state index in [1.807, 2.05) is 0 Å². The van der Waals surface area contributed by atoms with Crippen LogP contribution in [-0.4, -0.2) is 6.66 Å². The molecule has 0 fully saturated rings. The largest absolute Gasteiger partial charge is 0.591 e. The molecule has 0 saturated carbocycles. The second-order valence-electron chi connectivity index (χ2n) is 0.224. The molecule has 1 unspecified atom stereocenters. The van der Waals surface area contributed by atoms with Crippen LogP contribution in [0.4, 0.5) is 0 Å². The fourth-order valence-corrected chi connectivity index (χ4v) is 0. The second kappa shape index (κ2) is 9.36. The van der Waals surface area contributed by atoms with E-state index in [2.05, 4.69) is 0 Å². The van der Waals surface area contributed by atoms with E-state index in [-0.39, 0.29) is 26.9 Å². The predicted molar refractivity (Wildman–Crippen MR) is 17.6 cm³/mol. The van der Waals surface area contributed by atoms with Crippen molar-refractivity contribution in [3.8, 4) is 0 Å². The van der Waals surface area contributed by atoms with Gasteiger partial charge in [-0.05, 0) is 8.37 Å². The van der Waals surface area contributed by atoms with Crippen LogP contribution in [0.2, 0.25) is 0 Å². The van der Waals surface area contributed by atoms with Crippen molar-refractivity contribution in [1.29, 1.82) is 0 Å². The van der Waals surface area contributed by atoms with Crippen LogP contribution in [0.15, 0.2) is 0 Å². The first-order valence-corrected chi connectivity index (χ1v) is 2.17. The van der Waals surface area contributed by atoms with Crippen molar-refractivity contribution in [2.45, 2.75) is 0 Å². The molecule has 0 aromatic carbocycles. The number of hydrogen-bond donors (Lipinski definition) is 0. The Hall–Kier alpha value is 0.684. The van der Waals surface area contributed by atoms with Gasteiger partial charge < -0.3 is 5.16 Å². The molecule has 0 aliphatic carbocycles. The molecule has 1 atom stereocenters. The van der Waals surface area contributed by atoms with Gasteiger partial charge in [-0.3, -0.25) is 0 Å². The molecule has 0 aromatic rings. The molecule has 4 heavy (non-hydrogen) atoms. The van der Waals surface area contributed by atoms with Gasteiger partial charge in [-0.2, -0.15) is 0 Å². The minimum atomic E-state index is 0. The molecule has 0 saturated heterocycles. The number of hydrogen-bond acceptors (Lipinski definition) is 0. The summed E-state index contributed by atoms with van der Waals surface area (Å²) in [5, 5.41) is 7.60. The van der Waals surface area contributed by atoms with Crippen molar-refractivity contribution in [1.82, 2.24) is 0 Å². The Balaban J connectivity index is 0. The molecule has 1 nitrogen and oxygen atoms in total. The normalized spacial score (nSPS) is 5.25. The Kier molecular flexibility index (Phi) is 20.6. The van der Waals surface area contributed by atoms with Crippen molar-refractivity contribution in [2.24, 2.45) is 0 Å². The quantitative estimate of drug-likeness (QED) is 0.418. The van der Waals surface area contributed by atoms with E-state index in [1.165, 1.54) is 0 Å². The van der Waals surface area contributed by atoms with Crippen LogP contribution in [0, 0.1) is 0 Å². The smallest absolute Gasteiger partial charge is 0.0790 e. The third kappa shape index (κ3) is 16.3. The molecule has 0 amide bonds. The summed E-state index contributed by atoms with van der Waals surface area (Å²) in [7, 11) is 0.0833. The van der Waals surface area contributed by atoms with Crippen molar-refractivity contribution in [2.75, 3.05) is 6.66 Å². The third-order valence-corrected chi connectivity index (χ3v) is 0. The minimum Gasteiger partial charge on any atom is -0.591 e. The zero-order valence-electron chi connectivity index (χ0n) is 2.39. The number of nitrogens with zero attached hydrogens (tertiary/aromatic N) is 1. The van der Waals surface area contributed by atoms with Crippen molar-refractivity contribution in [3.63, 3.8) is 0 Å². The Bertz CT molecular complexity index is 15.5. The summed E-state index contributed by atoms with van der Waals surface area (Å²) >= 11 is 0. The molecule has 0 aromatic heterocycles. The summed E-state index contributed by atoms with van der Waals surface area (Å²) in [5.74, 6) is 0. The maximum atomic E-state index is 7.60. The average molecular weight is 112 g/mol. The first-order chi connectivity index (χ1) is 1.41. The van der Waals surface area contributed by atoms with Crippen LogP contribution in [0.25, 0.3) is 5.16 Å². The van der Waals surface area contributed by atoms with Gasteiger partial charge in [0.1, 0.15) is 0 Å². The van der Waals surface area contributed by atoms with E-state index in [1.54, 1.807) is 6.66 Å². The summed E-state index contributed by atoms with van der Waals surface area (Å²) in [6.07, 6.45) is 0.